The van der Waals surface area contributed by atoms with Crippen molar-refractivity contribution in [2.24, 2.45) is 12.8 Å². The number of nitrogens with zero attached hydrogens (tertiary/aromatic N) is 3. The fourth-order valence-corrected chi connectivity index (χ4v) is 1.38. The van der Waals surface area contributed by atoms with E-state index in [0.717, 1.165) is 5.82 Å². The highest BCUT2D eigenvalue weighted by atomic mass is 16.1. The lowest BCUT2D eigenvalue weighted by atomic mass is 10.3. The van der Waals surface area contributed by atoms with E-state index in [0.29, 0.717) is 17.9 Å². The van der Waals surface area contributed by atoms with Crippen molar-refractivity contribution in [1.29, 1.82) is 0 Å². The topological polar surface area (TPSA) is 85.8 Å². The van der Waals surface area contributed by atoms with E-state index in [1.54, 1.807) is 18.3 Å². The Labute approximate surface area is 98.5 Å². The molecule has 88 valence electrons. The third-order valence-corrected chi connectivity index (χ3v) is 2.40. The van der Waals surface area contributed by atoms with Crippen molar-refractivity contribution in [3.05, 3.63) is 42.1 Å². The van der Waals surface area contributed by atoms with E-state index in [2.05, 4.69) is 15.3 Å². The summed E-state index contributed by atoms with van der Waals surface area (Å²) in [6.07, 6.45) is 5.06. The molecule has 0 aliphatic rings. The number of rotatable bonds is 4. The van der Waals surface area contributed by atoms with Gasteiger partial charge in [-0.25, -0.2) is 9.97 Å². The van der Waals surface area contributed by atoms with E-state index < -0.39 is 5.91 Å². The predicted octanol–water partition coefficient (Wildman–Crippen LogP) is 0.526. The number of carbonyl (C=O) groups excluding carboxylic acids is 1. The summed E-state index contributed by atoms with van der Waals surface area (Å²) in [5.74, 6) is 1.11. The number of pyridine rings is 1. The van der Waals surface area contributed by atoms with Gasteiger partial charge >= 0.3 is 0 Å². The number of primary amides is 1. The van der Waals surface area contributed by atoms with Crippen molar-refractivity contribution in [3.63, 3.8) is 0 Å². The summed E-state index contributed by atoms with van der Waals surface area (Å²) in [6, 6.07) is 3.35. The second kappa shape index (κ2) is 4.65. The molecule has 0 saturated carbocycles. The molecule has 0 aliphatic carbocycles. The van der Waals surface area contributed by atoms with Crippen LogP contribution in [-0.4, -0.2) is 20.4 Å². The van der Waals surface area contributed by atoms with Gasteiger partial charge in [0.1, 0.15) is 11.6 Å². The van der Waals surface area contributed by atoms with Gasteiger partial charge < -0.3 is 15.6 Å². The molecule has 6 heteroatoms. The first-order chi connectivity index (χ1) is 8.16. The molecule has 0 fully saturated rings. The second-order valence-corrected chi connectivity index (χ2v) is 3.60. The average molecular weight is 231 g/mol. The molecule has 6 nitrogen and oxygen atoms in total. The van der Waals surface area contributed by atoms with Crippen molar-refractivity contribution < 1.29 is 4.79 Å². The first kappa shape index (κ1) is 11.1. The van der Waals surface area contributed by atoms with Crippen LogP contribution in [0.25, 0.3) is 0 Å². The Kier molecular flexibility index (Phi) is 3.04. The number of carbonyl (C=O) groups is 1. The zero-order chi connectivity index (χ0) is 12.3. The first-order valence-corrected chi connectivity index (χ1v) is 5.13. The Balaban J connectivity index is 2.00. The largest absolute Gasteiger partial charge is 0.366 e. The van der Waals surface area contributed by atoms with Gasteiger partial charge in [0.05, 0.1) is 12.1 Å². The standard InChI is InChI=1S/C11H13N5O/c1-16-5-4-13-10(16)7-15-9-3-2-8(6-14-9)11(12)17/h2-6H,7H2,1H3,(H2,12,17)(H,14,15). The van der Waals surface area contributed by atoms with Crippen LogP contribution in [0.5, 0.6) is 0 Å². The Morgan fingerprint density at radius 2 is 2.29 bits per heavy atom. The summed E-state index contributed by atoms with van der Waals surface area (Å²) < 4.78 is 1.92. The lowest BCUT2D eigenvalue weighted by molar-refractivity contribution is 0.1000. The van der Waals surface area contributed by atoms with Crippen LogP contribution >= 0.6 is 0 Å². The second-order valence-electron chi connectivity index (χ2n) is 3.60. The van der Waals surface area contributed by atoms with Crippen molar-refractivity contribution >= 4 is 11.7 Å². The number of nitrogens with two attached hydrogens (primary N) is 1. The van der Waals surface area contributed by atoms with Crippen LogP contribution in [0.4, 0.5) is 5.82 Å². The van der Waals surface area contributed by atoms with E-state index in [4.69, 9.17) is 5.73 Å². The highest BCUT2D eigenvalue weighted by Gasteiger charge is 2.02. The van der Waals surface area contributed by atoms with E-state index in [-0.39, 0.29) is 0 Å². The fourth-order valence-electron chi connectivity index (χ4n) is 1.38. The molecule has 0 radical (unpaired) electrons. The summed E-state index contributed by atoms with van der Waals surface area (Å²) in [5, 5.41) is 3.11. The van der Waals surface area contributed by atoms with Crippen LogP contribution in [0, 0.1) is 0 Å². The number of imidazole rings is 1. The number of hydrogen-bond acceptors (Lipinski definition) is 4. The Hall–Kier alpha value is -2.37. The van der Waals surface area contributed by atoms with Crippen LogP contribution < -0.4 is 11.1 Å². The summed E-state index contributed by atoms with van der Waals surface area (Å²) in [6.45, 7) is 0.576. The Morgan fingerprint density at radius 3 is 2.82 bits per heavy atom. The molecule has 2 rings (SSSR count). The Bertz CT molecular complexity index is 517. The first-order valence-electron chi connectivity index (χ1n) is 5.13. The number of anilines is 1. The van der Waals surface area contributed by atoms with Crippen LogP contribution in [-0.2, 0) is 13.6 Å². The fraction of sp³-hybridized carbons (Fsp3) is 0.182. The van der Waals surface area contributed by atoms with E-state index in [1.807, 2.05) is 17.8 Å². The smallest absolute Gasteiger partial charge is 0.250 e. The minimum atomic E-state index is -0.479. The number of nitrogens with one attached hydrogen (secondary N) is 1. The van der Waals surface area contributed by atoms with E-state index in [9.17, 15) is 4.79 Å². The molecule has 1 amide bonds. The predicted molar refractivity (Wildman–Crippen MR) is 63.3 cm³/mol. The normalized spacial score (nSPS) is 10.2. The van der Waals surface area contributed by atoms with Crippen molar-refractivity contribution in [2.45, 2.75) is 6.54 Å². The SMILES string of the molecule is Cn1ccnc1CNc1ccc(C(N)=O)cn1. The molecule has 0 atom stereocenters. The maximum atomic E-state index is 10.8. The van der Waals surface area contributed by atoms with Crippen LogP contribution in [0.1, 0.15) is 16.2 Å². The minimum Gasteiger partial charge on any atom is -0.366 e. The van der Waals surface area contributed by atoms with Crippen molar-refractivity contribution in [2.75, 3.05) is 5.32 Å². The molecule has 0 saturated heterocycles. The van der Waals surface area contributed by atoms with Gasteiger partial charge in [-0.15, -0.1) is 0 Å². The third kappa shape index (κ3) is 2.60. The molecule has 0 aromatic carbocycles. The van der Waals surface area contributed by atoms with Crippen molar-refractivity contribution in [3.8, 4) is 0 Å². The van der Waals surface area contributed by atoms with E-state index >= 15 is 0 Å². The summed E-state index contributed by atoms with van der Waals surface area (Å²) in [5.41, 5.74) is 5.52. The molecule has 0 aliphatic heterocycles. The van der Waals surface area contributed by atoms with Gasteiger partial charge in [0.2, 0.25) is 5.91 Å². The maximum absolute atomic E-state index is 10.8. The van der Waals surface area contributed by atoms with Gasteiger partial charge in [0, 0.05) is 25.6 Å². The minimum absolute atomic E-state index is 0.396. The lowest BCUT2D eigenvalue weighted by Crippen LogP contribution is -2.12. The summed E-state index contributed by atoms with van der Waals surface area (Å²) in [7, 11) is 1.92. The van der Waals surface area contributed by atoms with Gasteiger partial charge in [0.25, 0.3) is 0 Å². The summed E-state index contributed by atoms with van der Waals surface area (Å²) in [4.78, 5) is 19.1. The average Bonchev–Trinajstić information content (AvgIpc) is 2.73. The van der Waals surface area contributed by atoms with Crippen LogP contribution in [0.2, 0.25) is 0 Å². The number of amides is 1. The quantitative estimate of drug-likeness (QED) is 0.803. The van der Waals surface area contributed by atoms with Gasteiger partial charge in [-0.2, -0.15) is 0 Å². The van der Waals surface area contributed by atoms with Crippen LogP contribution in [0.15, 0.2) is 30.7 Å². The third-order valence-electron chi connectivity index (χ3n) is 2.40. The number of aryl methyl sites for hydroxylation is 1. The number of hydrogen-bond donors (Lipinski definition) is 2. The van der Waals surface area contributed by atoms with Gasteiger partial charge in [-0.1, -0.05) is 0 Å². The molecule has 3 N–H and O–H groups in total. The monoisotopic (exact) mass is 231 g/mol. The number of aromatic nitrogens is 3. The molecular weight excluding hydrogens is 218 g/mol. The van der Waals surface area contributed by atoms with Gasteiger partial charge in [-0.05, 0) is 12.1 Å². The van der Waals surface area contributed by atoms with Gasteiger partial charge in [-0.3, -0.25) is 4.79 Å². The van der Waals surface area contributed by atoms with Gasteiger partial charge in [0.15, 0.2) is 0 Å². The summed E-state index contributed by atoms with van der Waals surface area (Å²) >= 11 is 0. The molecule has 2 heterocycles. The zero-order valence-electron chi connectivity index (χ0n) is 9.42. The molecular formula is C11H13N5O. The maximum Gasteiger partial charge on any atom is 0.250 e. The van der Waals surface area contributed by atoms with Crippen LogP contribution in [0.3, 0.4) is 0 Å². The molecule has 2 aromatic heterocycles. The Morgan fingerprint density at radius 1 is 1.47 bits per heavy atom. The van der Waals surface area contributed by atoms with E-state index in [1.165, 1.54) is 6.20 Å². The lowest BCUT2D eigenvalue weighted by Gasteiger charge is -2.05. The molecule has 0 bridgehead atoms. The zero-order valence-corrected chi connectivity index (χ0v) is 9.42. The molecule has 17 heavy (non-hydrogen) atoms. The highest BCUT2D eigenvalue weighted by Crippen LogP contribution is 2.06. The van der Waals surface area contributed by atoms with Crippen molar-refractivity contribution in [1.82, 2.24) is 14.5 Å². The highest BCUT2D eigenvalue weighted by molar-refractivity contribution is 5.92. The molecule has 0 spiro atoms. The molecule has 0 unspecified atom stereocenters. The molecule has 2 aromatic rings.